The van der Waals surface area contributed by atoms with Gasteiger partial charge in [-0.1, -0.05) is 31.5 Å². The molecule has 0 aliphatic heterocycles. The first-order valence-corrected chi connectivity index (χ1v) is 8.92. The first-order chi connectivity index (χ1) is 12.7. The molecule has 27 heavy (non-hydrogen) atoms. The minimum atomic E-state index is -0.0606. The van der Waals surface area contributed by atoms with Gasteiger partial charge < -0.3 is 15.0 Å². The highest BCUT2D eigenvalue weighted by Gasteiger charge is 2.12. The average molecular weight is 385 g/mol. The number of aryl methyl sites for hydroxylation is 2. The van der Waals surface area contributed by atoms with Gasteiger partial charge in [-0.15, -0.1) is 0 Å². The second kappa shape index (κ2) is 7.40. The summed E-state index contributed by atoms with van der Waals surface area (Å²) in [4.78, 5) is 20.5. The van der Waals surface area contributed by atoms with Crippen LogP contribution in [0.25, 0.3) is 11.3 Å². The van der Waals surface area contributed by atoms with E-state index >= 15 is 0 Å². The van der Waals surface area contributed by atoms with Gasteiger partial charge in [0.25, 0.3) is 5.56 Å². The fraction of sp³-hybridized carbons (Fsp3) is 0.250. The topological polar surface area (TPSA) is 83.0 Å². The first-order valence-electron chi connectivity index (χ1n) is 8.54. The zero-order valence-electron chi connectivity index (χ0n) is 15.7. The molecule has 0 bridgehead atoms. The fourth-order valence-electron chi connectivity index (χ4n) is 2.71. The Hall–Kier alpha value is -2.86. The van der Waals surface area contributed by atoms with Crippen LogP contribution in [0.1, 0.15) is 30.9 Å². The van der Waals surface area contributed by atoms with Crippen LogP contribution in [0.4, 0.5) is 5.82 Å². The summed E-state index contributed by atoms with van der Waals surface area (Å²) >= 11 is 6.26. The molecule has 2 heterocycles. The van der Waals surface area contributed by atoms with Crippen molar-refractivity contribution < 1.29 is 4.74 Å². The van der Waals surface area contributed by atoms with Crippen LogP contribution < -0.4 is 16.0 Å². The number of aromatic nitrogens is 3. The van der Waals surface area contributed by atoms with Gasteiger partial charge in [-0.3, -0.25) is 4.79 Å². The van der Waals surface area contributed by atoms with Crippen molar-refractivity contribution in [3.63, 3.8) is 0 Å². The van der Waals surface area contributed by atoms with E-state index in [9.17, 15) is 4.79 Å². The van der Waals surface area contributed by atoms with E-state index in [1.807, 2.05) is 12.1 Å². The zero-order valence-corrected chi connectivity index (χ0v) is 16.4. The van der Waals surface area contributed by atoms with Gasteiger partial charge in [0.2, 0.25) is 0 Å². The highest BCUT2D eigenvalue weighted by molar-refractivity contribution is 6.32. The summed E-state index contributed by atoms with van der Waals surface area (Å²) in [5, 5.41) is 0.463. The van der Waals surface area contributed by atoms with Crippen LogP contribution in [0, 0.1) is 6.92 Å². The Morgan fingerprint density at radius 2 is 1.93 bits per heavy atom. The van der Waals surface area contributed by atoms with Crippen molar-refractivity contribution in [2.24, 2.45) is 7.05 Å². The summed E-state index contributed by atoms with van der Waals surface area (Å²) in [6.45, 7) is 5.93. The number of hydrogen-bond acceptors (Lipinski definition) is 5. The third kappa shape index (κ3) is 4.11. The molecule has 7 heteroatoms. The van der Waals surface area contributed by atoms with Gasteiger partial charge in [0.1, 0.15) is 11.6 Å². The lowest BCUT2D eigenvalue weighted by Gasteiger charge is -2.12. The van der Waals surface area contributed by atoms with Gasteiger partial charge in [-0.2, -0.15) is 9.97 Å². The summed E-state index contributed by atoms with van der Waals surface area (Å²) in [6.07, 6.45) is 1.70. The van der Waals surface area contributed by atoms with Gasteiger partial charge in [0, 0.05) is 30.4 Å². The summed E-state index contributed by atoms with van der Waals surface area (Å²) in [5.74, 6) is 1.06. The summed E-state index contributed by atoms with van der Waals surface area (Å²) in [6, 6.07) is 9.11. The molecule has 0 aliphatic rings. The van der Waals surface area contributed by atoms with E-state index in [4.69, 9.17) is 22.1 Å². The van der Waals surface area contributed by atoms with Crippen LogP contribution >= 0.6 is 11.6 Å². The van der Waals surface area contributed by atoms with Crippen LogP contribution in [0.15, 0.2) is 41.3 Å². The maximum atomic E-state index is 11.9. The van der Waals surface area contributed by atoms with Gasteiger partial charge in [0.15, 0.2) is 0 Å². The molecule has 140 valence electrons. The number of rotatable bonds is 4. The van der Waals surface area contributed by atoms with Crippen LogP contribution in [0.3, 0.4) is 0 Å². The maximum Gasteiger partial charge on any atom is 0.324 e. The number of anilines is 1. The van der Waals surface area contributed by atoms with Crippen LogP contribution in [0.2, 0.25) is 5.02 Å². The van der Waals surface area contributed by atoms with Crippen molar-refractivity contribution in [1.82, 2.24) is 14.5 Å². The SMILES string of the molecule is Cc1cc(-c2cc(N)nc(Oc3cc(C(C)C)ccc3Cl)n2)cn(C)c1=O. The van der Waals surface area contributed by atoms with E-state index < -0.39 is 0 Å². The number of nitrogens with two attached hydrogens (primary N) is 1. The van der Waals surface area contributed by atoms with Crippen molar-refractivity contribution in [3.05, 3.63) is 63.0 Å². The Morgan fingerprint density at radius 3 is 2.59 bits per heavy atom. The molecule has 0 spiro atoms. The molecule has 0 saturated carbocycles. The van der Waals surface area contributed by atoms with Gasteiger partial charge in [0.05, 0.1) is 10.7 Å². The van der Waals surface area contributed by atoms with Crippen LogP contribution in [-0.4, -0.2) is 14.5 Å². The molecule has 0 fully saturated rings. The Morgan fingerprint density at radius 1 is 1.19 bits per heavy atom. The lowest BCUT2D eigenvalue weighted by atomic mass is 10.0. The van der Waals surface area contributed by atoms with E-state index in [-0.39, 0.29) is 17.4 Å². The molecule has 0 atom stereocenters. The van der Waals surface area contributed by atoms with E-state index in [2.05, 4.69) is 23.8 Å². The van der Waals surface area contributed by atoms with Crippen molar-refractivity contribution in [3.8, 4) is 23.0 Å². The lowest BCUT2D eigenvalue weighted by Crippen LogP contribution is -2.18. The molecule has 0 amide bonds. The summed E-state index contributed by atoms with van der Waals surface area (Å²) in [7, 11) is 1.69. The third-order valence-corrected chi connectivity index (χ3v) is 4.52. The summed E-state index contributed by atoms with van der Waals surface area (Å²) in [5.41, 5.74) is 8.89. The Bertz CT molecular complexity index is 1030. The largest absolute Gasteiger partial charge is 0.423 e. The van der Waals surface area contributed by atoms with Gasteiger partial charge >= 0.3 is 6.01 Å². The maximum absolute atomic E-state index is 11.9. The molecule has 2 N–H and O–H groups in total. The number of benzene rings is 1. The smallest absolute Gasteiger partial charge is 0.324 e. The van der Waals surface area contributed by atoms with Gasteiger partial charge in [-0.25, -0.2) is 0 Å². The normalized spacial score (nSPS) is 11.0. The summed E-state index contributed by atoms with van der Waals surface area (Å²) < 4.78 is 7.33. The molecular formula is C20H21ClN4O2. The van der Waals surface area contributed by atoms with Crippen molar-refractivity contribution in [2.45, 2.75) is 26.7 Å². The highest BCUT2D eigenvalue weighted by Crippen LogP contribution is 2.32. The quantitative estimate of drug-likeness (QED) is 0.724. The third-order valence-electron chi connectivity index (χ3n) is 4.21. The van der Waals surface area contributed by atoms with E-state index in [0.29, 0.717) is 27.9 Å². The predicted molar refractivity (Wildman–Crippen MR) is 107 cm³/mol. The molecule has 3 aromatic rings. The van der Waals surface area contributed by atoms with E-state index in [0.717, 1.165) is 11.1 Å². The van der Waals surface area contributed by atoms with Crippen molar-refractivity contribution in [2.75, 3.05) is 5.73 Å². The molecule has 0 aliphatic carbocycles. The van der Waals surface area contributed by atoms with Gasteiger partial charge in [-0.05, 0) is 36.6 Å². The van der Waals surface area contributed by atoms with E-state index in [1.54, 1.807) is 38.4 Å². The average Bonchev–Trinajstić information content (AvgIpc) is 2.60. The standard InChI is InChI=1S/C20H21ClN4O2/c1-11(2)13-5-6-15(21)17(8-13)27-20-23-16(9-18(22)24-20)14-7-12(3)19(26)25(4)10-14/h5-11H,1-4H3,(H2,22,23,24). The number of hydrogen-bond donors (Lipinski definition) is 1. The molecule has 6 nitrogen and oxygen atoms in total. The van der Waals surface area contributed by atoms with E-state index in [1.165, 1.54) is 4.57 Å². The Balaban J connectivity index is 2.02. The minimum absolute atomic E-state index is 0.0606. The Kier molecular flexibility index (Phi) is 5.19. The molecule has 2 aromatic heterocycles. The predicted octanol–water partition coefficient (Wildman–Crippen LogP) is 4.30. The van der Waals surface area contributed by atoms with Crippen LogP contribution in [-0.2, 0) is 7.05 Å². The molecule has 1 aromatic carbocycles. The highest BCUT2D eigenvalue weighted by atomic mass is 35.5. The molecule has 0 saturated heterocycles. The first kappa shape index (κ1) is 18.9. The number of nitrogens with zero attached hydrogens (tertiary/aromatic N) is 3. The number of nitrogen functional groups attached to an aromatic ring is 1. The number of pyridine rings is 1. The van der Waals surface area contributed by atoms with Crippen molar-refractivity contribution in [1.29, 1.82) is 0 Å². The Labute approximate surface area is 162 Å². The zero-order chi connectivity index (χ0) is 19.7. The molecule has 0 radical (unpaired) electrons. The molecule has 0 unspecified atom stereocenters. The van der Waals surface area contributed by atoms with Crippen molar-refractivity contribution >= 4 is 17.4 Å². The second-order valence-corrected chi connectivity index (χ2v) is 7.14. The second-order valence-electron chi connectivity index (χ2n) is 6.74. The fourth-order valence-corrected chi connectivity index (χ4v) is 2.87. The minimum Gasteiger partial charge on any atom is -0.423 e. The molecular weight excluding hydrogens is 364 g/mol. The number of ether oxygens (including phenoxy) is 1. The number of halogens is 1. The molecule has 3 rings (SSSR count). The monoisotopic (exact) mass is 384 g/mol. The van der Waals surface area contributed by atoms with Crippen LogP contribution in [0.5, 0.6) is 11.8 Å². The lowest BCUT2D eigenvalue weighted by molar-refractivity contribution is 0.443.